The van der Waals surface area contributed by atoms with E-state index >= 15 is 0 Å². The lowest BCUT2D eigenvalue weighted by atomic mass is 10.2. The largest absolute Gasteiger partial charge is 0.491 e. The first kappa shape index (κ1) is 12.4. The van der Waals surface area contributed by atoms with Gasteiger partial charge in [-0.1, -0.05) is 30.3 Å². The van der Waals surface area contributed by atoms with Crippen molar-refractivity contribution in [3.05, 3.63) is 35.5 Å². The monoisotopic (exact) mass is 246 g/mol. The number of nitrogens with two attached hydrogens (primary N) is 1. The Morgan fingerprint density at radius 1 is 1.33 bits per heavy atom. The molecule has 2 aromatic rings. The predicted molar refractivity (Wildman–Crippen MR) is 70.5 cm³/mol. The molecule has 1 aromatic heterocycles. The predicted octanol–water partition coefficient (Wildman–Crippen LogP) is 1.81. The highest BCUT2D eigenvalue weighted by Crippen LogP contribution is 2.16. The maximum atomic E-state index is 5.72. The fourth-order valence-electron chi connectivity index (χ4n) is 1.85. The highest BCUT2D eigenvalue weighted by atomic mass is 16.5. The summed E-state index contributed by atoms with van der Waals surface area (Å²) in [6, 6.07) is 7.95. The zero-order chi connectivity index (χ0) is 13.0. The summed E-state index contributed by atoms with van der Waals surface area (Å²) in [5.41, 5.74) is 7.82. The third kappa shape index (κ3) is 2.61. The van der Waals surface area contributed by atoms with Crippen molar-refractivity contribution >= 4 is 5.82 Å². The van der Waals surface area contributed by atoms with Crippen LogP contribution in [0, 0.1) is 6.92 Å². The van der Waals surface area contributed by atoms with E-state index in [-0.39, 0.29) is 0 Å². The normalized spacial score (nSPS) is 10.6. The second-order valence-corrected chi connectivity index (χ2v) is 4.11. The number of nitrogen functional groups attached to an aromatic ring is 1. The van der Waals surface area contributed by atoms with Crippen molar-refractivity contribution in [1.82, 2.24) is 15.0 Å². The minimum atomic E-state index is 0.508. The molecule has 0 unspecified atom stereocenters. The molecule has 1 heterocycles. The summed E-state index contributed by atoms with van der Waals surface area (Å²) in [6.07, 6.45) is 0.823. The molecule has 2 N–H and O–H groups in total. The molecule has 1 aromatic carbocycles. The second kappa shape index (κ2) is 5.53. The van der Waals surface area contributed by atoms with Gasteiger partial charge in [-0.25, -0.2) is 4.68 Å². The average molecular weight is 246 g/mol. The molecule has 0 atom stereocenters. The summed E-state index contributed by atoms with van der Waals surface area (Å²) in [6.45, 7) is 5.27. The first-order valence-corrected chi connectivity index (χ1v) is 6.08. The molecule has 0 amide bonds. The summed E-state index contributed by atoms with van der Waals surface area (Å²) < 4.78 is 7.52. The van der Waals surface area contributed by atoms with Crippen LogP contribution in [-0.4, -0.2) is 21.6 Å². The SMILES string of the molecule is CCc1c(N)nnn1CCOc1ccccc1C. The number of rotatable bonds is 5. The van der Waals surface area contributed by atoms with Gasteiger partial charge in [0.15, 0.2) is 5.82 Å². The number of hydrogen-bond donors (Lipinski definition) is 1. The van der Waals surface area contributed by atoms with Crippen molar-refractivity contribution in [3.63, 3.8) is 0 Å². The molecule has 0 bridgehead atoms. The minimum Gasteiger partial charge on any atom is -0.491 e. The Labute approximate surface area is 107 Å². The molecular formula is C13H18N4O. The number of nitrogens with zero attached hydrogens (tertiary/aromatic N) is 3. The molecule has 2 rings (SSSR count). The quantitative estimate of drug-likeness (QED) is 0.873. The highest BCUT2D eigenvalue weighted by molar-refractivity contribution is 5.33. The van der Waals surface area contributed by atoms with Crippen molar-refractivity contribution in [2.24, 2.45) is 0 Å². The standard InChI is InChI=1S/C13H18N4O/c1-3-11-13(14)15-16-17(11)8-9-18-12-7-5-4-6-10(12)2/h4-7H,3,8-9,14H2,1-2H3. The molecule has 5 nitrogen and oxygen atoms in total. The Morgan fingerprint density at radius 3 is 2.83 bits per heavy atom. The van der Waals surface area contributed by atoms with E-state index in [9.17, 15) is 0 Å². The average Bonchev–Trinajstić information content (AvgIpc) is 2.72. The number of aryl methyl sites for hydroxylation is 1. The molecule has 0 aliphatic carbocycles. The molecule has 0 aliphatic heterocycles. The van der Waals surface area contributed by atoms with Crippen molar-refractivity contribution in [1.29, 1.82) is 0 Å². The number of hydrogen-bond acceptors (Lipinski definition) is 4. The topological polar surface area (TPSA) is 66.0 Å². The molecule has 5 heteroatoms. The Hall–Kier alpha value is -2.04. The van der Waals surface area contributed by atoms with E-state index in [1.165, 1.54) is 0 Å². The Morgan fingerprint density at radius 2 is 2.11 bits per heavy atom. The fraction of sp³-hybridized carbons (Fsp3) is 0.385. The highest BCUT2D eigenvalue weighted by Gasteiger charge is 2.07. The Kier molecular flexibility index (Phi) is 3.82. The summed E-state index contributed by atoms with van der Waals surface area (Å²) >= 11 is 0. The number of para-hydroxylation sites is 1. The third-order valence-electron chi connectivity index (χ3n) is 2.86. The van der Waals surface area contributed by atoms with Crippen LogP contribution in [0.1, 0.15) is 18.2 Å². The van der Waals surface area contributed by atoms with Gasteiger partial charge in [-0.15, -0.1) is 5.10 Å². The maximum absolute atomic E-state index is 5.72. The first-order chi connectivity index (χ1) is 8.72. The number of benzene rings is 1. The van der Waals surface area contributed by atoms with E-state index in [2.05, 4.69) is 10.3 Å². The van der Waals surface area contributed by atoms with Gasteiger partial charge in [-0.3, -0.25) is 0 Å². The molecule has 18 heavy (non-hydrogen) atoms. The van der Waals surface area contributed by atoms with Crippen LogP contribution >= 0.6 is 0 Å². The molecule has 0 saturated carbocycles. The van der Waals surface area contributed by atoms with Crippen molar-refractivity contribution in [3.8, 4) is 5.75 Å². The van der Waals surface area contributed by atoms with Gasteiger partial charge in [-0.2, -0.15) is 0 Å². The van der Waals surface area contributed by atoms with Crippen LogP contribution in [0.4, 0.5) is 5.82 Å². The van der Waals surface area contributed by atoms with Gasteiger partial charge in [0.25, 0.3) is 0 Å². The Balaban J connectivity index is 1.95. The summed E-state index contributed by atoms with van der Waals surface area (Å²) in [5, 5.41) is 7.87. The van der Waals surface area contributed by atoms with Crippen molar-refractivity contribution < 1.29 is 4.74 Å². The summed E-state index contributed by atoms with van der Waals surface area (Å²) in [5.74, 6) is 1.41. The maximum Gasteiger partial charge on any atom is 0.169 e. The van der Waals surface area contributed by atoms with E-state index in [0.29, 0.717) is 19.0 Å². The summed E-state index contributed by atoms with van der Waals surface area (Å²) in [4.78, 5) is 0. The van der Waals surface area contributed by atoms with Crippen LogP contribution in [0.2, 0.25) is 0 Å². The molecule has 0 radical (unpaired) electrons. The van der Waals surface area contributed by atoms with Gasteiger partial charge >= 0.3 is 0 Å². The van der Waals surface area contributed by atoms with Gasteiger partial charge in [0, 0.05) is 0 Å². The number of aromatic nitrogens is 3. The Bertz CT molecular complexity index is 521. The lowest BCUT2D eigenvalue weighted by molar-refractivity contribution is 0.286. The van der Waals surface area contributed by atoms with E-state index in [0.717, 1.165) is 23.4 Å². The van der Waals surface area contributed by atoms with Crippen LogP contribution < -0.4 is 10.5 Å². The lowest BCUT2D eigenvalue weighted by Crippen LogP contribution is -2.12. The van der Waals surface area contributed by atoms with Crippen molar-refractivity contribution in [2.45, 2.75) is 26.8 Å². The van der Waals surface area contributed by atoms with Gasteiger partial charge in [0.05, 0.1) is 12.2 Å². The zero-order valence-electron chi connectivity index (χ0n) is 10.8. The molecule has 0 spiro atoms. The zero-order valence-corrected chi connectivity index (χ0v) is 10.8. The van der Waals surface area contributed by atoms with E-state index in [1.807, 2.05) is 38.1 Å². The summed E-state index contributed by atoms with van der Waals surface area (Å²) in [7, 11) is 0. The van der Waals surface area contributed by atoms with Gasteiger partial charge in [0.1, 0.15) is 12.4 Å². The van der Waals surface area contributed by atoms with E-state index in [4.69, 9.17) is 10.5 Å². The van der Waals surface area contributed by atoms with Crippen molar-refractivity contribution in [2.75, 3.05) is 12.3 Å². The van der Waals surface area contributed by atoms with Crippen LogP contribution in [0.25, 0.3) is 0 Å². The van der Waals surface area contributed by atoms with Gasteiger partial charge in [-0.05, 0) is 25.0 Å². The lowest BCUT2D eigenvalue weighted by Gasteiger charge is -2.09. The molecule has 0 fully saturated rings. The van der Waals surface area contributed by atoms with E-state index in [1.54, 1.807) is 4.68 Å². The first-order valence-electron chi connectivity index (χ1n) is 6.08. The third-order valence-corrected chi connectivity index (χ3v) is 2.86. The molecule has 0 aliphatic rings. The van der Waals surface area contributed by atoms with Crippen LogP contribution in [0.5, 0.6) is 5.75 Å². The smallest absolute Gasteiger partial charge is 0.169 e. The van der Waals surface area contributed by atoms with Gasteiger partial charge in [0.2, 0.25) is 0 Å². The van der Waals surface area contributed by atoms with Crippen LogP contribution in [0.3, 0.4) is 0 Å². The molecular weight excluding hydrogens is 228 g/mol. The minimum absolute atomic E-state index is 0.508. The molecule has 0 saturated heterocycles. The van der Waals surface area contributed by atoms with Crippen LogP contribution in [-0.2, 0) is 13.0 Å². The molecule has 96 valence electrons. The number of ether oxygens (including phenoxy) is 1. The van der Waals surface area contributed by atoms with Gasteiger partial charge < -0.3 is 10.5 Å². The van der Waals surface area contributed by atoms with E-state index < -0.39 is 0 Å². The number of anilines is 1. The second-order valence-electron chi connectivity index (χ2n) is 4.11. The fourth-order valence-corrected chi connectivity index (χ4v) is 1.85. The van der Waals surface area contributed by atoms with Crippen LogP contribution in [0.15, 0.2) is 24.3 Å².